The maximum atomic E-state index is 11.6. The third-order valence-corrected chi connectivity index (χ3v) is 5.63. The number of benzene rings is 3. The second-order valence-corrected chi connectivity index (χ2v) is 8.74. The Balaban J connectivity index is 1.25. The van der Waals surface area contributed by atoms with Crippen LogP contribution in [0.15, 0.2) is 91.6 Å². The molecule has 1 heterocycles. The molecule has 0 spiro atoms. The summed E-state index contributed by atoms with van der Waals surface area (Å²) in [6.07, 6.45) is 3.24. The van der Waals surface area contributed by atoms with Gasteiger partial charge in [0.1, 0.15) is 22.3 Å². The molecule has 3 aromatic carbocycles. The van der Waals surface area contributed by atoms with Crippen LogP contribution >= 0.6 is 11.6 Å². The molecule has 0 unspecified atom stereocenters. The highest BCUT2D eigenvalue weighted by atomic mass is 35.5. The van der Waals surface area contributed by atoms with Gasteiger partial charge < -0.3 is 24.8 Å². The highest BCUT2D eigenvalue weighted by molar-refractivity contribution is 6.31. The number of rotatable bonds is 13. The van der Waals surface area contributed by atoms with Crippen molar-refractivity contribution in [3.63, 3.8) is 0 Å². The molecule has 1 aromatic heterocycles. The smallest absolute Gasteiger partial charge is 0.274 e. The number of hydrogen-bond donors (Lipinski definition) is 4. The van der Waals surface area contributed by atoms with Gasteiger partial charge in [-0.25, -0.2) is 10.5 Å². The van der Waals surface area contributed by atoms with Crippen LogP contribution in [0.1, 0.15) is 16.8 Å². The topological polar surface area (TPSA) is 144 Å². The minimum absolute atomic E-state index is 0.144. The predicted molar refractivity (Wildman–Crippen MR) is 153 cm³/mol. The molecule has 2 amide bonds. The van der Waals surface area contributed by atoms with Gasteiger partial charge in [-0.3, -0.25) is 14.8 Å². The standard InChI is InChI=1S/C29H26ClN5O6/c1-2-26(36)32-21-5-3-6-24(17-21)41-28-25(30)18-31-29(34-28)33-20-9-13-23(14-10-20)40-16-4-15-39-22-11-7-19(8-12-22)27(37)35-38/h2-3,5-14,17-18,38H,1,4,15-16H2,(H,32,36)(H,35,37)(H,31,33,34). The number of carbonyl (C=O) groups is 2. The lowest BCUT2D eigenvalue weighted by atomic mass is 10.2. The summed E-state index contributed by atoms with van der Waals surface area (Å²) in [7, 11) is 0. The summed E-state index contributed by atoms with van der Waals surface area (Å²) >= 11 is 6.24. The van der Waals surface area contributed by atoms with Crippen molar-refractivity contribution >= 4 is 40.7 Å². The van der Waals surface area contributed by atoms with Gasteiger partial charge in [0.15, 0.2) is 0 Å². The number of nitrogens with zero attached hydrogens (tertiary/aromatic N) is 2. The molecule has 0 aliphatic heterocycles. The largest absolute Gasteiger partial charge is 0.493 e. The average Bonchev–Trinajstić information content (AvgIpc) is 2.99. The van der Waals surface area contributed by atoms with Crippen molar-refractivity contribution in [2.45, 2.75) is 6.42 Å². The fourth-order valence-corrected chi connectivity index (χ4v) is 3.52. The van der Waals surface area contributed by atoms with Gasteiger partial charge in [-0.05, 0) is 66.7 Å². The van der Waals surface area contributed by atoms with Crippen molar-refractivity contribution in [3.05, 3.63) is 102 Å². The molecule has 12 heteroatoms. The molecule has 0 aliphatic rings. The second-order valence-electron chi connectivity index (χ2n) is 8.34. The highest BCUT2D eigenvalue weighted by Crippen LogP contribution is 2.30. The molecule has 41 heavy (non-hydrogen) atoms. The molecular formula is C29H26ClN5O6. The van der Waals surface area contributed by atoms with E-state index in [-0.39, 0.29) is 22.8 Å². The third-order valence-electron chi connectivity index (χ3n) is 5.37. The highest BCUT2D eigenvalue weighted by Gasteiger charge is 2.10. The summed E-state index contributed by atoms with van der Waals surface area (Å²) in [4.78, 5) is 31.5. The van der Waals surface area contributed by atoms with Crippen molar-refractivity contribution in [2.24, 2.45) is 0 Å². The van der Waals surface area contributed by atoms with Crippen molar-refractivity contribution in [2.75, 3.05) is 23.8 Å². The fourth-order valence-electron chi connectivity index (χ4n) is 3.40. The average molecular weight is 576 g/mol. The Morgan fingerprint density at radius 3 is 2.27 bits per heavy atom. The first-order chi connectivity index (χ1) is 19.9. The van der Waals surface area contributed by atoms with Crippen LogP contribution in [0.3, 0.4) is 0 Å². The van der Waals surface area contributed by atoms with Crippen LogP contribution in [-0.4, -0.2) is 40.2 Å². The molecular weight excluding hydrogens is 550 g/mol. The lowest BCUT2D eigenvalue weighted by molar-refractivity contribution is -0.111. The number of hydrogen-bond acceptors (Lipinski definition) is 9. The normalized spacial score (nSPS) is 10.3. The molecule has 0 saturated heterocycles. The van der Waals surface area contributed by atoms with Gasteiger partial charge in [0.25, 0.3) is 5.91 Å². The van der Waals surface area contributed by atoms with Crippen LogP contribution in [0.2, 0.25) is 5.02 Å². The summed E-state index contributed by atoms with van der Waals surface area (Å²) in [5, 5.41) is 14.6. The maximum Gasteiger partial charge on any atom is 0.274 e. The summed E-state index contributed by atoms with van der Waals surface area (Å²) in [6.45, 7) is 4.30. The number of carbonyl (C=O) groups excluding carboxylic acids is 2. The van der Waals surface area contributed by atoms with E-state index in [0.717, 1.165) is 5.69 Å². The van der Waals surface area contributed by atoms with Gasteiger partial charge in [-0.15, -0.1) is 0 Å². The van der Waals surface area contributed by atoms with Crippen molar-refractivity contribution in [3.8, 4) is 23.1 Å². The van der Waals surface area contributed by atoms with Gasteiger partial charge in [0.2, 0.25) is 17.7 Å². The zero-order chi connectivity index (χ0) is 29.0. The monoisotopic (exact) mass is 575 g/mol. The third kappa shape index (κ3) is 8.68. The Bertz CT molecular complexity index is 1500. The minimum Gasteiger partial charge on any atom is -0.493 e. The minimum atomic E-state index is -0.583. The molecule has 210 valence electrons. The first-order valence-electron chi connectivity index (χ1n) is 12.3. The Kier molecular flexibility index (Phi) is 10.1. The molecule has 4 rings (SSSR count). The van der Waals surface area contributed by atoms with Gasteiger partial charge in [0.05, 0.1) is 19.4 Å². The van der Waals surface area contributed by atoms with Crippen LogP contribution < -0.4 is 30.3 Å². The zero-order valence-electron chi connectivity index (χ0n) is 21.7. The zero-order valence-corrected chi connectivity index (χ0v) is 22.4. The quantitative estimate of drug-likeness (QED) is 0.0677. The van der Waals surface area contributed by atoms with Gasteiger partial charge in [0, 0.05) is 29.4 Å². The molecule has 0 aliphatic carbocycles. The SMILES string of the molecule is C=CC(=O)Nc1cccc(Oc2nc(Nc3ccc(OCCCOc4ccc(C(=O)NO)cc4)cc3)ncc2Cl)c1. The van der Waals surface area contributed by atoms with Crippen LogP contribution in [0.5, 0.6) is 23.1 Å². The van der Waals surface area contributed by atoms with Crippen LogP contribution in [0.4, 0.5) is 17.3 Å². The molecule has 0 saturated carbocycles. The summed E-state index contributed by atoms with van der Waals surface area (Å²) in [5.41, 5.74) is 3.17. The van der Waals surface area contributed by atoms with Gasteiger partial charge in [-0.2, -0.15) is 4.98 Å². The number of halogens is 1. The lowest BCUT2D eigenvalue weighted by Crippen LogP contribution is -2.18. The van der Waals surface area contributed by atoms with Crippen LogP contribution in [-0.2, 0) is 4.79 Å². The van der Waals surface area contributed by atoms with Crippen molar-refractivity contribution in [1.29, 1.82) is 0 Å². The Morgan fingerprint density at radius 2 is 1.61 bits per heavy atom. The second kappa shape index (κ2) is 14.3. The summed E-state index contributed by atoms with van der Waals surface area (Å²) in [5.74, 6) is 1.21. The maximum absolute atomic E-state index is 11.6. The molecule has 4 N–H and O–H groups in total. The van der Waals surface area contributed by atoms with Crippen LogP contribution in [0.25, 0.3) is 0 Å². The molecule has 0 radical (unpaired) electrons. The number of anilines is 3. The summed E-state index contributed by atoms with van der Waals surface area (Å²) in [6, 6.07) is 20.5. The lowest BCUT2D eigenvalue weighted by Gasteiger charge is -2.11. The van der Waals surface area contributed by atoms with Gasteiger partial charge in [-0.1, -0.05) is 24.2 Å². The van der Waals surface area contributed by atoms with E-state index in [1.54, 1.807) is 54.0 Å². The number of hydroxylamine groups is 1. The Labute approximate surface area is 240 Å². The van der Waals surface area contributed by atoms with E-state index in [1.165, 1.54) is 12.3 Å². The molecule has 0 atom stereocenters. The van der Waals surface area contributed by atoms with E-state index < -0.39 is 5.91 Å². The molecule has 11 nitrogen and oxygen atoms in total. The van der Waals surface area contributed by atoms with E-state index in [2.05, 4.69) is 27.2 Å². The Hall–Kier alpha value is -5.13. The first-order valence-corrected chi connectivity index (χ1v) is 12.7. The van der Waals surface area contributed by atoms with E-state index in [9.17, 15) is 9.59 Å². The van der Waals surface area contributed by atoms with E-state index >= 15 is 0 Å². The molecule has 0 bridgehead atoms. The number of amides is 2. The molecule has 0 fully saturated rings. The van der Waals surface area contributed by atoms with Crippen LogP contribution in [0, 0.1) is 0 Å². The van der Waals surface area contributed by atoms with E-state index in [4.69, 9.17) is 31.0 Å². The Morgan fingerprint density at radius 1 is 0.927 bits per heavy atom. The number of aromatic nitrogens is 2. The van der Waals surface area contributed by atoms with E-state index in [0.29, 0.717) is 48.1 Å². The summed E-state index contributed by atoms with van der Waals surface area (Å²) < 4.78 is 17.2. The molecule has 4 aromatic rings. The van der Waals surface area contributed by atoms with E-state index in [1.807, 2.05) is 24.3 Å². The number of ether oxygens (including phenoxy) is 3. The fraction of sp³-hybridized carbons (Fsp3) is 0.103. The number of nitrogens with one attached hydrogen (secondary N) is 3. The van der Waals surface area contributed by atoms with Gasteiger partial charge >= 0.3 is 0 Å². The first kappa shape index (κ1) is 28.9. The van der Waals surface area contributed by atoms with Crippen molar-refractivity contribution in [1.82, 2.24) is 15.4 Å². The predicted octanol–water partition coefficient (Wildman–Crippen LogP) is 5.76. The van der Waals surface area contributed by atoms with Crippen molar-refractivity contribution < 1.29 is 29.0 Å².